The molecule has 0 amide bonds. The maximum atomic E-state index is 10.9. The molecule has 25 heavy (non-hydrogen) atoms. The summed E-state index contributed by atoms with van der Waals surface area (Å²) < 4.78 is 0. The predicted octanol–water partition coefficient (Wildman–Crippen LogP) is 3.06. The van der Waals surface area contributed by atoms with Crippen molar-refractivity contribution in [1.29, 1.82) is 5.26 Å². The Morgan fingerprint density at radius 2 is 1.88 bits per heavy atom. The molecule has 0 radical (unpaired) electrons. The second-order valence-corrected chi connectivity index (χ2v) is 6.39. The van der Waals surface area contributed by atoms with Gasteiger partial charge in [0.15, 0.2) is 5.13 Å². The number of rotatable bonds is 4. The lowest BCUT2D eigenvalue weighted by Crippen LogP contribution is -2.45. The normalized spacial score (nSPS) is 14.4. The van der Waals surface area contributed by atoms with Gasteiger partial charge in [0.1, 0.15) is 4.88 Å². The maximum absolute atomic E-state index is 10.9. The number of carboxylic acid groups (broad SMARTS) is 1. The fraction of sp³-hybridized carbons (Fsp3) is 0.389. The number of aromatic carboxylic acids is 1. The van der Waals surface area contributed by atoms with Gasteiger partial charge in [-0.15, -0.1) is 0 Å². The van der Waals surface area contributed by atoms with Gasteiger partial charge in [-0.2, -0.15) is 5.26 Å². The van der Waals surface area contributed by atoms with E-state index in [1.165, 1.54) is 23.1 Å². The summed E-state index contributed by atoms with van der Waals surface area (Å²) in [4.78, 5) is 19.9. The van der Waals surface area contributed by atoms with Crippen LogP contribution in [-0.4, -0.2) is 47.1 Å². The minimum atomic E-state index is -0.923. The number of piperazine rings is 1. The third-order valence-corrected chi connectivity index (χ3v) is 4.88. The van der Waals surface area contributed by atoms with Gasteiger partial charge in [-0.1, -0.05) is 37.3 Å². The van der Waals surface area contributed by atoms with Crippen LogP contribution in [0.25, 0.3) is 0 Å². The average molecular weight is 358 g/mol. The fourth-order valence-electron chi connectivity index (χ4n) is 2.55. The summed E-state index contributed by atoms with van der Waals surface area (Å²) in [7, 11) is 0. The molecule has 1 N–H and O–H groups in total. The highest BCUT2D eigenvalue weighted by Crippen LogP contribution is 2.24. The number of thiazole rings is 1. The molecule has 0 unspecified atom stereocenters. The van der Waals surface area contributed by atoms with Gasteiger partial charge in [0.05, 0.1) is 17.8 Å². The molecule has 0 aliphatic carbocycles. The molecule has 1 aliphatic rings. The van der Waals surface area contributed by atoms with Crippen LogP contribution in [-0.2, 0) is 6.54 Å². The average Bonchev–Trinajstić information content (AvgIpc) is 3.15. The first kappa shape index (κ1) is 18.9. The lowest BCUT2D eigenvalue weighted by molar-refractivity contribution is 0.0702. The third-order valence-electron chi connectivity index (χ3n) is 3.84. The zero-order valence-corrected chi connectivity index (χ0v) is 15.3. The van der Waals surface area contributed by atoms with E-state index in [9.17, 15) is 4.79 Å². The zero-order valence-electron chi connectivity index (χ0n) is 14.5. The van der Waals surface area contributed by atoms with Gasteiger partial charge in [-0.05, 0) is 17.7 Å². The molecule has 1 saturated heterocycles. The monoisotopic (exact) mass is 358 g/mol. The molecule has 6 nitrogen and oxygen atoms in total. The summed E-state index contributed by atoms with van der Waals surface area (Å²) in [6, 6.07) is 9.79. The van der Waals surface area contributed by atoms with Crippen molar-refractivity contribution in [2.45, 2.75) is 20.4 Å². The summed E-state index contributed by atoms with van der Waals surface area (Å²) >= 11 is 1.22. The first-order valence-corrected chi connectivity index (χ1v) is 9.13. The smallest absolute Gasteiger partial charge is 0.347 e. The molecular formula is C18H22N4O2S. The number of hydrogen-bond donors (Lipinski definition) is 1. The molecule has 132 valence electrons. The first-order valence-electron chi connectivity index (χ1n) is 8.31. The van der Waals surface area contributed by atoms with Crippen molar-refractivity contribution in [3.63, 3.8) is 0 Å². The van der Waals surface area contributed by atoms with Crippen LogP contribution in [0.15, 0.2) is 30.5 Å². The zero-order chi connectivity index (χ0) is 18.2. The minimum absolute atomic E-state index is 0.278. The van der Waals surface area contributed by atoms with Crippen molar-refractivity contribution in [3.05, 3.63) is 46.5 Å². The Morgan fingerprint density at radius 3 is 2.40 bits per heavy atom. The number of aromatic nitrogens is 1. The maximum Gasteiger partial charge on any atom is 0.347 e. The Kier molecular flexibility index (Phi) is 6.92. The van der Waals surface area contributed by atoms with Crippen LogP contribution in [0.2, 0.25) is 0 Å². The van der Waals surface area contributed by atoms with Crippen molar-refractivity contribution in [3.8, 4) is 6.07 Å². The molecule has 0 spiro atoms. The van der Waals surface area contributed by atoms with Gasteiger partial charge in [0.2, 0.25) is 0 Å². The van der Waals surface area contributed by atoms with Crippen LogP contribution in [0, 0.1) is 11.3 Å². The molecule has 0 bridgehead atoms. The van der Waals surface area contributed by atoms with E-state index < -0.39 is 5.97 Å². The Hall–Kier alpha value is -2.43. The number of anilines is 1. The van der Waals surface area contributed by atoms with E-state index in [2.05, 4.69) is 20.9 Å². The molecule has 1 aliphatic heterocycles. The summed E-state index contributed by atoms with van der Waals surface area (Å²) in [5.41, 5.74) is 1.87. The van der Waals surface area contributed by atoms with Crippen LogP contribution in [0.1, 0.15) is 34.6 Å². The van der Waals surface area contributed by atoms with Crippen molar-refractivity contribution >= 4 is 22.4 Å². The number of carboxylic acids is 1. The van der Waals surface area contributed by atoms with E-state index in [0.717, 1.165) is 37.9 Å². The topological polar surface area (TPSA) is 80.5 Å². The van der Waals surface area contributed by atoms with E-state index in [4.69, 9.17) is 10.4 Å². The number of nitrogens with zero attached hydrogens (tertiary/aromatic N) is 4. The second-order valence-electron chi connectivity index (χ2n) is 5.38. The molecule has 1 fully saturated rings. The minimum Gasteiger partial charge on any atom is -0.477 e. The highest BCUT2D eigenvalue weighted by Gasteiger charge is 2.20. The van der Waals surface area contributed by atoms with Crippen LogP contribution >= 0.6 is 11.3 Å². The van der Waals surface area contributed by atoms with Crippen molar-refractivity contribution in [2.75, 3.05) is 31.1 Å². The Labute approximate surface area is 152 Å². The molecule has 7 heteroatoms. The molecule has 1 aromatic carbocycles. The first-order chi connectivity index (χ1) is 12.2. The van der Waals surface area contributed by atoms with Gasteiger partial charge in [0.25, 0.3) is 0 Å². The number of benzene rings is 1. The van der Waals surface area contributed by atoms with Gasteiger partial charge in [-0.3, -0.25) is 4.90 Å². The lowest BCUT2D eigenvalue weighted by Gasteiger charge is -2.34. The van der Waals surface area contributed by atoms with Crippen LogP contribution < -0.4 is 4.90 Å². The Bertz CT molecular complexity index is 728. The quantitative estimate of drug-likeness (QED) is 0.905. The van der Waals surface area contributed by atoms with Crippen LogP contribution in [0.5, 0.6) is 0 Å². The van der Waals surface area contributed by atoms with E-state index >= 15 is 0 Å². The lowest BCUT2D eigenvalue weighted by atomic mass is 10.1. The molecule has 2 aromatic rings. The summed E-state index contributed by atoms with van der Waals surface area (Å²) in [6.45, 7) is 8.34. The summed E-state index contributed by atoms with van der Waals surface area (Å²) in [6.07, 6.45) is 1.42. The molecule has 1 aromatic heterocycles. The fourth-order valence-corrected chi connectivity index (χ4v) is 3.36. The standard InChI is InChI=1S/C16H16N4O2S.C2H6/c17-9-12-1-3-13(4-2-12)11-19-5-7-20(8-6-19)16-18-10-14(23-16)15(21)22;1-2/h1-4,10H,5-8,11H2,(H,21,22);1-2H3. The van der Waals surface area contributed by atoms with Crippen molar-refractivity contribution < 1.29 is 9.90 Å². The largest absolute Gasteiger partial charge is 0.477 e. The van der Waals surface area contributed by atoms with Gasteiger partial charge in [-0.25, -0.2) is 9.78 Å². The van der Waals surface area contributed by atoms with E-state index in [-0.39, 0.29) is 4.88 Å². The third kappa shape index (κ3) is 5.02. The summed E-state index contributed by atoms with van der Waals surface area (Å²) in [5, 5.41) is 18.6. The summed E-state index contributed by atoms with van der Waals surface area (Å²) in [5.74, 6) is -0.923. The van der Waals surface area contributed by atoms with E-state index in [0.29, 0.717) is 5.56 Å². The highest BCUT2D eigenvalue weighted by atomic mass is 32.1. The molecule has 2 heterocycles. The van der Waals surface area contributed by atoms with Crippen LogP contribution in [0.3, 0.4) is 0 Å². The van der Waals surface area contributed by atoms with E-state index in [1.54, 1.807) is 0 Å². The molecule has 3 rings (SSSR count). The molecule has 0 atom stereocenters. The Morgan fingerprint density at radius 1 is 1.24 bits per heavy atom. The van der Waals surface area contributed by atoms with Gasteiger partial charge in [0, 0.05) is 32.7 Å². The van der Waals surface area contributed by atoms with Crippen molar-refractivity contribution in [1.82, 2.24) is 9.88 Å². The van der Waals surface area contributed by atoms with Gasteiger partial charge >= 0.3 is 5.97 Å². The number of hydrogen-bond acceptors (Lipinski definition) is 6. The highest BCUT2D eigenvalue weighted by molar-refractivity contribution is 7.17. The van der Waals surface area contributed by atoms with Crippen LogP contribution in [0.4, 0.5) is 5.13 Å². The van der Waals surface area contributed by atoms with Gasteiger partial charge < -0.3 is 10.0 Å². The number of carbonyl (C=O) groups is 1. The Balaban J connectivity index is 0.00000109. The van der Waals surface area contributed by atoms with Crippen molar-refractivity contribution in [2.24, 2.45) is 0 Å². The molecule has 0 saturated carbocycles. The SMILES string of the molecule is CC.N#Cc1ccc(CN2CCN(c3ncc(C(=O)O)s3)CC2)cc1. The van der Waals surface area contributed by atoms with E-state index in [1.807, 2.05) is 38.1 Å². The second kappa shape index (κ2) is 9.16. The molecular weight excluding hydrogens is 336 g/mol. The number of nitriles is 1. The predicted molar refractivity (Wildman–Crippen MR) is 99.1 cm³/mol.